The van der Waals surface area contributed by atoms with Crippen molar-refractivity contribution in [1.29, 1.82) is 0 Å². The Morgan fingerprint density at radius 2 is 1.91 bits per heavy atom. The Morgan fingerprint density at radius 3 is 2.18 bits per heavy atom. The summed E-state index contributed by atoms with van der Waals surface area (Å²) in [4.78, 5) is 0. The molecule has 1 fully saturated rings. The van der Waals surface area contributed by atoms with Crippen LogP contribution in [-0.2, 0) is 0 Å². The maximum absolute atomic E-state index is 9.65. The fourth-order valence-corrected chi connectivity index (χ4v) is 1.45. The highest BCUT2D eigenvalue weighted by Gasteiger charge is 2.48. The first-order chi connectivity index (χ1) is 5.10. The summed E-state index contributed by atoms with van der Waals surface area (Å²) < 4.78 is 0. The van der Waals surface area contributed by atoms with Gasteiger partial charge in [0.1, 0.15) is 0 Å². The van der Waals surface area contributed by atoms with Crippen molar-refractivity contribution < 1.29 is 10.2 Å². The minimum absolute atomic E-state index is 0.107. The molecule has 1 rings (SSSR count). The Hall–Kier alpha value is -0.0800. The molecule has 0 heterocycles. The second-order valence-electron chi connectivity index (χ2n) is 4.17. The Kier molecular flexibility index (Phi) is 2.55. The van der Waals surface area contributed by atoms with Gasteiger partial charge in [0.25, 0.3) is 0 Å². The number of rotatable bonds is 4. The second kappa shape index (κ2) is 3.11. The number of aliphatic hydroxyl groups is 2. The van der Waals surface area contributed by atoms with Crippen molar-refractivity contribution in [3.05, 3.63) is 0 Å². The van der Waals surface area contributed by atoms with Crippen LogP contribution in [0.25, 0.3) is 0 Å². The second-order valence-corrected chi connectivity index (χ2v) is 4.17. The molecule has 1 aliphatic carbocycles. The molecule has 0 amide bonds. The fraction of sp³-hybridized carbons (Fsp3) is 1.00. The monoisotopic (exact) mass is 158 g/mol. The van der Waals surface area contributed by atoms with Crippen molar-refractivity contribution >= 4 is 0 Å². The van der Waals surface area contributed by atoms with E-state index in [9.17, 15) is 5.11 Å². The summed E-state index contributed by atoms with van der Waals surface area (Å²) in [6.45, 7) is 4.34. The molecule has 1 unspecified atom stereocenters. The third-order valence-electron chi connectivity index (χ3n) is 2.61. The number of hydrogen-bond donors (Lipinski definition) is 2. The van der Waals surface area contributed by atoms with Crippen LogP contribution in [-0.4, -0.2) is 22.9 Å². The van der Waals surface area contributed by atoms with Gasteiger partial charge in [-0.25, -0.2) is 0 Å². The molecule has 0 aliphatic heterocycles. The number of aliphatic hydroxyl groups excluding tert-OH is 2. The highest BCUT2D eigenvalue weighted by molar-refractivity contribution is 4.98. The minimum atomic E-state index is -0.285. The van der Waals surface area contributed by atoms with Gasteiger partial charge < -0.3 is 10.2 Å². The summed E-state index contributed by atoms with van der Waals surface area (Å²) in [7, 11) is 0. The fourth-order valence-electron chi connectivity index (χ4n) is 1.45. The first-order valence-corrected chi connectivity index (χ1v) is 4.39. The standard InChI is InChI=1S/C9H18O2/c1-7(2)5-8(11)9(6-10)3-4-9/h7-8,10-11H,3-6H2,1-2H3. The summed E-state index contributed by atoms with van der Waals surface area (Å²) in [5, 5.41) is 18.6. The van der Waals surface area contributed by atoms with Crippen LogP contribution in [0.1, 0.15) is 33.1 Å². The summed E-state index contributed by atoms with van der Waals surface area (Å²) in [6, 6.07) is 0. The SMILES string of the molecule is CC(C)CC(O)C1(CO)CC1. The lowest BCUT2D eigenvalue weighted by atomic mass is 9.93. The average molecular weight is 158 g/mol. The average Bonchev–Trinajstić information content (AvgIpc) is 2.65. The molecule has 11 heavy (non-hydrogen) atoms. The van der Waals surface area contributed by atoms with Gasteiger partial charge in [-0.3, -0.25) is 0 Å². The van der Waals surface area contributed by atoms with Gasteiger partial charge in [0.05, 0.1) is 12.7 Å². The quantitative estimate of drug-likeness (QED) is 0.644. The zero-order valence-electron chi connectivity index (χ0n) is 7.38. The van der Waals surface area contributed by atoms with Crippen LogP contribution in [0.15, 0.2) is 0 Å². The molecule has 2 heteroatoms. The molecule has 1 atom stereocenters. The summed E-state index contributed by atoms with van der Waals surface area (Å²) >= 11 is 0. The van der Waals surface area contributed by atoms with Crippen molar-refractivity contribution in [3.8, 4) is 0 Å². The lowest BCUT2D eigenvalue weighted by molar-refractivity contribution is 0.0362. The van der Waals surface area contributed by atoms with Gasteiger partial charge in [-0.1, -0.05) is 13.8 Å². The van der Waals surface area contributed by atoms with Crippen LogP contribution < -0.4 is 0 Å². The van der Waals surface area contributed by atoms with Crippen LogP contribution >= 0.6 is 0 Å². The van der Waals surface area contributed by atoms with E-state index in [2.05, 4.69) is 13.8 Å². The first kappa shape index (κ1) is 9.01. The molecule has 0 aromatic rings. The van der Waals surface area contributed by atoms with Crippen LogP contribution in [0.4, 0.5) is 0 Å². The van der Waals surface area contributed by atoms with E-state index in [1.165, 1.54) is 0 Å². The Bertz CT molecular complexity index is 128. The molecule has 0 aromatic heterocycles. The van der Waals surface area contributed by atoms with E-state index in [1.54, 1.807) is 0 Å². The Morgan fingerprint density at radius 1 is 1.36 bits per heavy atom. The van der Waals surface area contributed by atoms with E-state index in [1.807, 2.05) is 0 Å². The maximum Gasteiger partial charge on any atom is 0.0620 e. The van der Waals surface area contributed by atoms with Gasteiger partial charge in [-0.15, -0.1) is 0 Å². The minimum Gasteiger partial charge on any atom is -0.396 e. The molecule has 1 aliphatic rings. The van der Waals surface area contributed by atoms with E-state index in [-0.39, 0.29) is 18.1 Å². The third-order valence-corrected chi connectivity index (χ3v) is 2.61. The van der Waals surface area contributed by atoms with Crippen LogP contribution in [0.2, 0.25) is 0 Å². The molecular weight excluding hydrogens is 140 g/mol. The molecule has 0 aromatic carbocycles. The largest absolute Gasteiger partial charge is 0.396 e. The topological polar surface area (TPSA) is 40.5 Å². The zero-order chi connectivity index (χ0) is 8.48. The number of hydrogen-bond acceptors (Lipinski definition) is 2. The van der Waals surface area contributed by atoms with E-state index < -0.39 is 0 Å². The van der Waals surface area contributed by atoms with Gasteiger partial charge >= 0.3 is 0 Å². The molecule has 1 saturated carbocycles. The smallest absolute Gasteiger partial charge is 0.0620 e. The highest BCUT2D eigenvalue weighted by Crippen LogP contribution is 2.49. The van der Waals surface area contributed by atoms with Gasteiger partial charge in [-0.2, -0.15) is 0 Å². The Balaban J connectivity index is 2.34. The maximum atomic E-state index is 9.65. The van der Waals surface area contributed by atoms with E-state index in [0.717, 1.165) is 19.3 Å². The molecule has 66 valence electrons. The molecule has 0 saturated heterocycles. The Labute approximate surface area is 68.2 Å². The third kappa shape index (κ3) is 1.94. The lowest BCUT2D eigenvalue weighted by Gasteiger charge is -2.21. The van der Waals surface area contributed by atoms with Crippen molar-refractivity contribution in [1.82, 2.24) is 0 Å². The van der Waals surface area contributed by atoms with E-state index in [0.29, 0.717) is 5.92 Å². The molecule has 0 spiro atoms. The van der Waals surface area contributed by atoms with Crippen molar-refractivity contribution in [2.45, 2.75) is 39.2 Å². The first-order valence-electron chi connectivity index (χ1n) is 4.39. The summed E-state index contributed by atoms with van der Waals surface area (Å²) in [5.41, 5.74) is -0.107. The molecule has 2 N–H and O–H groups in total. The highest BCUT2D eigenvalue weighted by atomic mass is 16.3. The van der Waals surface area contributed by atoms with Gasteiger partial charge in [0, 0.05) is 5.41 Å². The molecule has 0 radical (unpaired) electrons. The lowest BCUT2D eigenvalue weighted by Crippen LogP contribution is -2.26. The zero-order valence-corrected chi connectivity index (χ0v) is 7.38. The van der Waals surface area contributed by atoms with E-state index in [4.69, 9.17) is 5.11 Å². The van der Waals surface area contributed by atoms with Gasteiger partial charge in [0.15, 0.2) is 0 Å². The predicted molar refractivity (Wildman–Crippen MR) is 44.2 cm³/mol. The van der Waals surface area contributed by atoms with Crippen LogP contribution in [0.3, 0.4) is 0 Å². The molecular formula is C9H18O2. The normalized spacial score (nSPS) is 23.7. The van der Waals surface area contributed by atoms with Crippen molar-refractivity contribution in [2.24, 2.45) is 11.3 Å². The van der Waals surface area contributed by atoms with Crippen LogP contribution in [0, 0.1) is 11.3 Å². The molecule has 2 nitrogen and oxygen atoms in total. The van der Waals surface area contributed by atoms with E-state index >= 15 is 0 Å². The predicted octanol–water partition coefficient (Wildman–Crippen LogP) is 1.17. The molecule has 0 bridgehead atoms. The van der Waals surface area contributed by atoms with Crippen molar-refractivity contribution in [3.63, 3.8) is 0 Å². The summed E-state index contributed by atoms with van der Waals surface area (Å²) in [6.07, 6.45) is 2.53. The van der Waals surface area contributed by atoms with Gasteiger partial charge in [0.2, 0.25) is 0 Å². The van der Waals surface area contributed by atoms with Gasteiger partial charge in [-0.05, 0) is 25.2 Å². The van der Waals surface area contributed by atoms with Crippen LogP contribution in [0.5, 0.6) is 0 Å². The summed E-state index contributed by atoms with van der Waals surface area (Å²) in [5.74, 6) is 0.522. The van der Waals surface area contributed by atoms with Crippen molar-refractivity contribution in [2.75, 3.05) is 6.61 Å².